The molecule has 0 aliphatic carbocycles. The Hall–Kier alpha value is -1.81. The molecule has 4 heteroatoms. The van der Waals surface area contributed by atoms with Gasteiger partial charge in [0, 0.05) is 0 Å². The lowest BCUT2D eigenvalue weighted by Crippen LogP contribution is -2.11. The largest absolute Gasteiger partial charge is 0.546 e. The molecule has 2 rings (SSSR count). The number of furan rings is 1. The zero-order valence-corrected chi connectivity index (χ0v) is 13.0. The quantitative estimate of drug-likeness (QED) is 0.621. The molecule has 0 bridgehead atoms. The maximum Gasteiger partial charge on any atom is 0.229 e. The van der Waals surface area contributed by atoms with Gasteiger partial charge in [0.1, 0.15) is 17.2 Å². The molecule has 1 heterocycles. The molecular weight excluding hydrogens is 254 g/mol. The molecule has 100 valence electrons. The molecule has 3 nitrogen and oxygen atoms in total. The molecule has 0 atom stereocenters. The topological polar surface area (TPSA) is 34.7 Å². The van der Waals surface area contributed by atoms with Gasteiger partial charge < -0.3 is 8.84 Å². The van der Waals surface area contributed by atoms with Crippen LogP contribution in [-0.2, 0) is 0 Å². The molecule has 0 N–H and O–H groups in total. The van der Waals surface area contributed by atoms with Crippen molar-refractivity contribution in [1.82, 2.24) is 0 Å². The first-order chi connectivity index (χ1) is 9.08. The Morgan fingerprint density at radius 2 is 2.00 bits per heavy atom. The van der Waals surface area contributed by atoms with Crippen LogP contribution in [0.25, 0.3) is 0 Å². The van der Waals surface area contributed by atoms with Crippen molar-refractivity contribution in [1.29, 1.82) is 0 Å². The van der Waals surface area contributed by atoms with Gasteiger partial charge >= 0.3 is 0 Å². The second-order valence-electron chi connectivity index (χ2n) is 4.76. The van der Waals surface area contributed by atoms with Crippen LogP contribution in [0.3, 0.4) is 0 Å². The lowest BCUT2D eigenvalue weighted by atomic mass is 10.2. The minimum Gasteiger partial charge on any atom is -0.546 e. The van der Waals surface area contributed by atoms with E-state index in [1.807, 2.05) is 44.2 Å². The van der Waals surface area contributed by atoms with Crippen LogP contribution in [0.4, 0.5) is 5.69 Å². The molecular formula is C15H19NO2Si. The van der Waals surface area contributed by atoms with Crippen molar-refractivity contribution in [3.8, 4) is 5.75 Å². The highest BCUT2D eigenvalue weighted by Gasteiger charge is 2.09. The van der Waals surface area contributed by atoms with Gasteiger partial charge in [0.2, 0.25) is 9.04 Å². The Kier molecular flexibility index (Phi) is 4.22. The van der Waals surface area contributed by atoms with E-state index in [0.29, 0.717) is 0 Å². The molecule has 19 heavy (non-hydrogen) atoms. The number of benzene rings is 1. The molecule has 0 spiro atoms. The third-order valence-electron chi connectivity index (χ3n) is 2.72. The van der Waals surface area contributed by atoms with E-state index in [2.05, 4.69) is 18.1 Å². The average Bonchev–Trinajstić information content (AvgIpc) is 2.86. The number of nitrogens with zero attached hydrogens (tertiary/aromatic N) is 1. The molecule has 1 aromatic heterocycles. The number of hydrogen-bond acceptors (Lipinski definition) is 3. The van der Waals surface area contributed by atoms with E-state index in [9.17, 15) is 0 Å². The monoisotopic (exact) mass is 273 g/mol. The zero-order valence-electron chi connectivity index (χ0n) is 11.8. The second-order valence-corrected chi connectivity index (χ2v) is 7.10. The zero-order chi connectivity index (χ0) is 13.8. The number of aryl methyl sites for hydroxylation is 1. The van der Waals surface area contributed by atoms with Crippen LogP contribution in [-0.4, -0.2) is 14.8 Å². The van der Waals surface area contributed by atoms with Crippen molar-refractivity contribution < 1.29 is 8.84 Å². The SMILES string of the molecule is CC(=Nc1c(C)cccc1O[SiH](C)C)c1ccco1. The molecule has 0 radical (unpaired) electrons. The normalized spacial score (nSPS) is 11.9. The predicted octanol–water partition coefficient (Wildman–Crippen LogP) is 4.09. The minimum absolute atomic E-state index is 0.788. The fourth-order valence-electron chi connectivity index (χ4n) is 1.83. The summed E-state index contributed by atoms with van der Waals surface area (Å²) in [6.45, 7) is 8.29. The molecule has 0 fully saturated rings. The third-order valence-corrected chi connectivity index (χ3v) is 3.45. The van der Waals surface area contributed by atoms with E-state index >= 15 is 0 Å². The highest BCUT2D eigenvalue weighted by atomic mass is 28.3. The van der Waals surface area contributed by atoms with Gasteiger partial charge in [0.25, 0.3) is 0 Å². The summed E-state index contributed by atoms with van der Waals surface area (Å²) in [7, 11) is -1.15. The van der Waals surface area contributed by atoms with Gasteiger partial charge in [-0.3, -0.25) is 0 Å². The molecule has 0 aliphatic heterocycles. The van der Waals surface area contributed by atoms with E-state index < -0.39 is 9.04 Å². The Labute approximate surface area is 115 Å². The average molecular weight is 273 g/mol. The van der Waals surface area contributed by atoms with Gasteiger partial charge in [-0.15, -0.1) is 0 Å². The van der Waals surface area contributed by atoms with Crippen LogP contribution in [0.5, 0.6) is 5.75 Å². The molecule has 0 amide bonds. The van der Waals surface area contributed by atoms with Crippen molar-refractivity contribution in [2.75, 3.05) is 0 Å². The predicted molar refractivity (Wildman–Crippen MR) is 81.3 cm³/mol. The first kappa shape index (κ1) is 13.6. The van der Waals surface area contributed by atoms with Crippen LogP contribution in [0.1, 0.15) is 18.2 Å². The molecule has 1 aromatic carbocycles. The Balaban J connectivity index is 2.41. The Morgan fingerprint density at radius 1 is 1.21 bits per heavy atom. The van der Waals surface area contributed by atoms with Crippen molar-refractivity contribution in [2.24, 2.45) is 4.99 Å². The van der Waals surface area contributed by atoms with Gasteiger partial charge in [0.15, 0.2) is 0 Å². The van der Waals surface area contributed by atoms with Crippen LogP contribution >= 0.6 is 0 Å². The Bertz CT molecular complexity index is 574. The molecule has 0 saturated heterocycles. The summed E-state index contributed by atoms with van der Waals surface area (Å²) >= 11 is 0. The van der Waals surface area contributed by atoms with Crippen molar-refractivity contribution >= 4 is 20.4 Å². The molecule has 0 aliphatic rings. The maximum atomic E-state index is 5.95. The minimum atomic E-state index is -1.15. The van der Waals surface area contributed by atoms with Crippen molar-refractivity contribution in [3.63, 3.8) is 0 Å². The van der Waals surface area contributed by atoms with Gasteiger partial charge in [-0.2, -0.15) is 0 Å². The lowest BCUT2D eigenvalue weighted by molar-refractivity contribution is 0.557. The second kappa shape index (κ2) is 5.89. The van der Waals surface area contributed by atoms with Gasteiger partial charge in [-0.05, 0) is 50.7 Å². The summed E-state index contributed by atoms with van der Waals surface area (Å²) in [5.41, 5.74) is 2.87. The fourth-order valence-corrected chi connectivity index (χ4v) is 2.53. The first-order valence-corrected chi connectivity index (χ1v) is 9.21. The Morgan fingerprint density at radius 3 is 2.63 bits per heavy atom. The standard InChI is InChI=1S/C15H19NO2Si/c1-11-7-5-8-14(18-19(3)4)15(11)16-12(2)13-9-6-10-17-13/h5-10,19H,1-4H3. The van der Waals surface area contributed by atoms with Crippen molar-refractivity contribution in [3.05, 3.63) is 47.9 Å². The van der Waals surface area contributed by atoms with Crippen LogP contribution in [0.15, 0.2) is 46.0 Å². The molecule has 0 unspecified atom stereocenters. The summed E-state index contributed by atoms with van der Waals surface area (Å²) in [5, 5.41) is 0. The summed E-state index contributed by atoms with van der Waals surface area (Å²) in [6.07, 6.45) is 1.66. The maximum absolute atomic E-state index is 5.95. The highest BCUT2D eigenvalue weighted by molar-refractivity contribution is 6.49. The fraction of sp³-hybridized carbons (Fsp3) is 0.267. The van der Waals surface area contributed by atoms with E-state index in [1.54, 1.807) is 6.26 Å². The van der Waals surface area contributed by atoms with E-state index in [1.165, 1.54) is 0 Å². The summed E-state index contributed by atoms with van der Waals surface area (Å²) in [4.78, 5) is 4.67. The number of para-hydroxylation sites is 1. The summed E-state index contributed by atoms with van der Waals surface area (Å²) < 4.78 is 11.3. The van der Waals surface area contributed by atoms with E-state index in [-0.39, 0.29) is 0 Å². The molecule has 0 saturated carbocycles. The summed E-state index contributed by atoms with van der Waals surface area (Å²) in [6, 6.07) is 9.80. The van der Waals surface area contributed by atoms with Crippen LogP contribution < -0.4 is 4.43 Å². The van der Waals surface area contributed by atoms with Gasteiger partial charge in [-0.25, -0.2) is 4.99 Å². The van der Waals surface area contributed by atoms with E-state index in [4.69, 9.17) is 8.84 Å². The highest BCUT2D eigenvalue weighted by Crippen LogP contribution is 2.32. The third kappa shape index (κ3) is 3.35. The molecule has 2 aromatic rings. The van der Waals surface area contributed by atoms with Gasteiger partial charge in [-0.1, -0.05) is 12.1 Å². The van der Waals surface area contributed by atoms with E-state index in [0.717, 1.165) is 28.5 Å². The number of aliphatic imine (C=N–C) groups is 1. The lowest BCUT2D eigenvalue weighted by Gasteiger charge is -2.13. The first-order valence-electron chi connectivity index (χ1n) is 6.43. The summed E-state index contributed by atoms with van der Waals surface area (Å²) in [5.74, 6) is 1.66. The number of rotatable bonds is 4. The smallest absolute Gasteiger partial charge is 0.229 e. The number of hydrogen-bond donors (Lipinski definition) is 0. The van der Waals surface area contributed by atoms with Gasteiger partial charge in [0.05, 0.1) is 12.0 Å². The van der Waals surface area contributed by atoms with Crippen LogP contribution in [0, 0.1) is 6.92 Å². The van der Waals surface area contributed by atoms with Crippen molar-refractivity contribution in [2.45, 2.75) is 26.9 Å². The van der Waals surface area contributed by atoms with Crippen LogP contribution in [0.2, 0.25) is 13.1 Å².